The molecule has 0 atom stereocenters. The lowest BCUT2D eigenvalue weighted by atomic mass is 10.2. The van der Waals surface area contributed by atoms with E-state index in [1.54, 1.807) is 29.2 Å². The number of benzene rings is 1. The van der Waals surface area contributed by atoms with Gasteiger partial charge in [-0.15, -0.1) is 0 Å². The molecule has 0 spiro atoms. The first-order valence-corrected chi connectivity index (χ1v) is 7.62. The Kier molecular flexibility index (Phi) is 4.89. The molecule has 0 radical (unpaired) electrons. The van der Waals surface area contributed by atoms with Crippen molar-refractivity contribution >= 4 is 5.91 Å². The Balaban J connectivity index is 1.65. The number of amides is 1. The van der Waals surface area contributed by atoms with E-state index in [1.165, 1.54) is 0 Å². The van der Waals surface area contributed by atoms with E-state index in [9.17, 15) is 18.0 Å². The second-order valence-corrected chi connectivity index (χ2v) is 5.41. The maximum atomic E-state index is 12.5. The monoisotopic (exact) mass is 352 g/mol. The zero-order valence-corrected chi connectivity index (χ0v) is 13.1. The van der Waals surface area contributed by atoms with Crippen LogP contribution in [0, 0.1) is 0 Å². The van der Waals surface area contributed by atoms with Crippen molar-refractivity contribution in [1.29, 1.82) is 0 Å². The number of hydrogen-bond acceptors (Lipinski definition) is 4. The van der Waals surface area contributed by atoms with Gasteiger partial charge < -0.3 is 14.4 Å². The molecule has 1 saturated heterocycles. The fourth-order valence-electron chi connectivity index (χ4n) is 2.34. The van der Waals surface area contributed by atoms with Crippen LogP contribution in [0.3, 0.4) is 0 Å². The Morgan fingerprint density at radius 3 is 2.32 bits per heavy atom. The zero-order chi connectivity index (χ0) is 17.9. The van der Waals surface area contributed by atoms with Crippen LogP contribution in [0.2, 0.25) is 0 Å². The fourth-order valence-corrected chi connectivity index (χ4v) is 2.34. The highest BCUT2D eigenvalue weighted by molar-refractivity contribution is 5.94. The number of alkyl halides is 3. The van der Waals surface area contributed by atoms with Gasteiger partial charge in [-0.25, -0.2) is 4.98 Å². The van der Waals surface area contributed by atoms with Crippen molar-refractivity contribution in [3.05, 3.63) is 53.7 Å². The van der Waals surface area contributed by atoms with Crippen LogP contribution in [0.5, 0.6) is 11.6 Å². The number of carbonyl (C=O) groups is 1. The minimum atomic E-state index is -4.44. The highest BCUT2D eigenvalue weighted by Gasteiger charge is 2.30. The summed E-state index contributed by atoms with van der Waals surface area (Å²) in [6.45, 7) is 2.14. The van der Waals surface area contributed by atoms with Crippen molar-refractivity contribution in [2.45, 2.75) is 6.18 Å². The average molecular weight is 352 g/mol. The molecule has 2 heterocycles. The summed E-state index contributed by atoms with van der Waals surface area (Å²) in [4.78, 5) is 17.7. The maximum Gasteiger partial charge on any atom is 0.417 e. The molecule has 0 bridgehead atoms. The highest BCUT2D eigenvalue weighted by Crippen LogP contribution is 2.30. The van der Waals surface area contributed by atoms with Gasteiger partial charge in [0.2, 0.25) is 5.88 Å². The lowest BCUT2D eigenvalue weighted by Gasteiger charge is -2.26. The first-order valence-electron chi connectivity index (χ1n) is 7.62. The van der Waals surface area contributed by atoms with Gasteiger partial charge in [0.05, 0.1) is 18.8 Å². The quantitative estimate of drug-likeness (QED) is 0.850. The molecule has 0 unspecified atom stereocenters. The Bertz CT molecular complexity index is 724. The summed E-state index contributed by atoms with van der Waals surface area (Å²) in [6.07, 6.45) is -3.72. The highest BCUT2D eigenvalue weighted by atomic mass is 19.4. The molecule has 25 heavy (non-hydrogen) atoms. The standard InChI is InChI=1S/C17H15F3N2O3/c18-17(19,20)13-3-6-15(21-11-13)25-14-4-1-12(2-5-14)16(23)22-7-9-24-10-8-22/h1-6,11H,7-10H2. The van der Waals surface area contributed by atoms with Crippen LogP contribution in [0.4, 0.5) is 13.2 Å². The number of rotatable bonds is 3. The minimum absolute atomic E-state index is 0.0419. The van der Waals surface area contributed by atoms with Crippen molar-refractivity contribution in [2.75, 3.05) is 26.3 Å². The van der Waals surface area contributed by atoms with E-state index in [0.29, 0.717) is 43.8 Å². The van der Waals surface area contributed by atoms with Crippen LogP contribution >= 0.6 is 0 Å². The van der Waals surface area contributed by atoms with E-state index in [4.69, 9.17) is 9.47 Å². The molecule has 2 aromatic rings. The molecule has 1 fully saturated rings. The summed E-state index contributed by atoms with van der Waals surface area (Å²) in [5.41, 5.74) is -0.332. The molecule has 1 aromatic carbocycles. The van der Waals surface area contributed by atoms with Crippen molar-refractivity contribution in [1.82, 2.24) is 9.88 Å². The third-order valence-corrected chi connectivity index (χ3v) is 3.69. The van der Waals surface area contributed by atoms with Crippen molar-refractivity contribution in [3.8, 4) is 11.6 Å². The Labute approximate surface area is 142 Å². The third kappa shape index (κ3) is 4.27. The maximum absolute atomic E-state index is 12.5. The summed E-state index contributed by atoms with van der Waals surface area (Å²) in [5.74, 6) is 0.327. The molecule has 132 valence electrons. The lowest BCUT2D eigenvalue weighted by Crippen LogP contribution is -2.40. The van der Waals surface area contributed by atoms with Gasteiger partial charge in [0.25, 0.3) is 5.91 Å². The molecule has 8 heteroatoms. The number of nitrogens with zero attached hydrogens (tertiary/aromatic N) is 2. The van der Waals surface area contributed by atoms with E-state index < -0.39 is 11.7 Å². The van der Waals surface area contributed by atoms with Gasteiger partial charge in [0, 0.05) is 30.9 Å². The zero-order valence-electron chi connectivity index (χ0n) is 13.1. The molecule has 5 nitrogen and oxygen atoms in total. The van der Waals surface area contributed by atoms with Gasteiger partial charge in [0.15, 0.2) is 0 Å². The first kappa shape index (κ1) is 17.2. The summed E-state index contributed by atoms with van der Waals surface area (Å²) < 4.78 is 48.1. The van der Waals surface area contributed by atoms with E-state index in [0.717, 1.165) is 12.1 Å². The Morgan fingerprint density at radius 1 is 1.08 bits per heavy atom. The van der Waals surface area contributed by atoms with Crippen LogP contribution in [-0.4, -0.2) is 42.1 Å². The average Bonchev–Trinajstić information content (AvgIpc) is 2.62. The summed E-state index contributed by atoms with van der Waals surface area (Å²) in [5, 5.41) is 0. The van der Waals surface area contributed by atoms with Crippen LogP contribution in [0.15, 0.2) is 42.6 Å². The first-order chi connectivity index (χ1) is 11.9. The second-order valence-electron chi connectivity index (χ2n) is 5.41. The molecule has 0 aliphatic carbocycles. The lowest BCUT2D eigenvalue weighted by molar-refractivity contribution is -0.137. The number of carbonyl (C=O) groups excluding carboxylic acids is 1. The Hall–Kier alpha value is -2.61. The number of hydrogen-bond donors (Lipinski definition) is 0. The second kappa shape index (κ2) is 7.10. The van der Waals surface area contributed by atoms with E-state index in [-0.39, 0.29) is 11.8 Å². The largest absolute Gasteiger partial charge is 0.439 e. The van der Waals surface area contributed by atoms with Gasteiger partial charge >= 0.3 is 6.18 Å². The molecule has 1 aliphatic rings. The van der Waals surface area contributed by atoms with Crippen LogP contribution in [-0.2, 0) is 10.9 Å². The fraction of sp³-hybridized carbons (Fsp3) is 0.294. The van der Waals surface area contributed by atoms with Crippen LogP contribution < -0.4 is 4.74 Å². The van der Waals surface area contributed by atoms with E-state index in [2.05, 4.69) is 4.98 Å². The van der Waals surface area contributed by atoms with Gasteiger partial charge in [0.1, 0.15) is 5.75 Å². The molecule has 1 aromatic heterocycles. The number of pyridine rings is 1. The smallest absolute Gasteiger partial charge is 0.417 e. The van der Waals surface area contributed by atoms with Gasteiger partial charge in [-0.05, 0) is 30.3 Å². The van der Waals surface area contributed by atoms with Crippen molar-refractivity contribution < 1.29 is 27.4 Å². The van der Waals surface area contributed by atoms with Gasteiger partial charge in [-0.2, -0.15) is 13.2 Å². The number of halogens is 3. The van der Waals surface area contributed by atoms with Crippen molar-refractivity contribution in [2.24, 2.45) is 0 Å². The molecule has 1 amide bonds. The molecule has 0 N–H and O–H groups in total. The number of aromatic nitrogens is 1. The molecule has 3 rings (SSSR count). The SMILES string of the molecule is O=C(c1ccc(Oc2ccc(C(F)(F)F)cn2)cc1)N1CCOCC1. The molecule has 0 saturated carbocycles. The molecule has 1 aliphatic heterocycles. The summed E-state index contributed by atoms with van der Waals surface area (Å²) >= 11 is 0. The normalized spacial score (nSPS) is 15.1. The molecular weight excluding hydrogens is 337 g/mol. The van der Waals surface area contributed by atoms with E-state index >= 15 is 0 Å². The molecular formula is C17H15F3N2O3. The number of morpholine rings is 1. The van der Waals surface area contributed by atoms with E-state index in [1.807, 2.05) is 0 Å². The summed E-state index contributed by atoms with van der Waals surface area (Å²) in [6, 6.07) is 8.42. The van der Waals surface area contributed by atoms with Gasteiger partial charge in [-0.1, -0.05) is 0 Å². The van der Waals surface area contributed by atoms with Crippen LogP contribution in [0.1, 0.15) is 15.9 Å². The topological polar surface area (TPSA) is 51.7 Å². The van der Waals surface area contributed by atoms with Gasteiger partial charge in [-0.3, -0.25) is 4.79 Å². The van der Waals surface area contributed by atoms with Crippen LogP contribution in [0.25, 0.3) is 0 Å². The summed E-state index contributed by atoms with van der Waals surface area (Å²) in [7, 11) is 0. The minimum Gasteiger partial charge on any atom is -0.439 e. The number of ether oxygens (including phenoxy) is 2. The Morgan fingerprint density at radius 2 is 1.76 bits per heavy atom. The van der Waals surface area contributed by atoms with Crippen molar-refractivity contribution in [3.63, 3.8) is 0 Å². The predicted molar refractivity (Wildman–Crippen MR) is 82.5 cm³/mol. The predicted octanol–water partition coefficient (Wildman–Crippen LogP) is 3.37. The third-order valence-electron chi connectivity index (χ3n) is 3.69.